The van der Waals surface area contributed by atoms with Gasteiger partial charge in [-0.25, -0.2) is 4.39 Å². The average molecular weight is 251 g/mol. The van der Waals surface area contributed by atoms with Crippen molar-refractivity contribution in [1.29, 1.82) is 0 Å². The molecule has 0 spiro atoms. The number of hydrogen-bond acceptors (Lipinski definition) is 2. The number of carbonyl (C=O) groups is 1. The minimum atomic E-state index is -0.277. The normalized spacial score (nSPS) is 12.6. The van der Waals surface area contributed by atoms with Gasteiger partial charge in [0.1, 0.15) is 5.82 Å². The predicted octanol–water partition coefficient (Wildman–Crippen LogP) is 3.57. The van der Waals surface area contributed by atoms with Gasteiger partial charge in [0.2, 0.25) is 0 Å². The zero-order valence-electron chi connectivity index (χ0n) is 9.79. The fourth-order valence-corrected chi connectivity index (χ4v) is 2.51. The average Bonchev–Trinajstić information content (AvgIpc) is 2.74. The third-order valence-electron chi connectivity index (χ3n) is 2.72. The molecule has 1 unspecified atom stereocenters. The van der Waals surface area contributed by atoms with E-state index in [1.54, 1.807) is 12.1 Å². The maximum absolute atomic E-state index is 13.5. The Morgan fingerprint density at radius 3 is 2.94 bits per heavy atom. The van der Waals surface area contributed by atoms with Crippen molar-refractivity contribution in [3.05, 3.63) is 35.0 Å². The lowest BCUT2D eigenvalue weighted by atomic mass is 10.2. The minimum absolute atomic E-state index is 0.125. The largest absolute Gasteiger partial charge is 0.349 e. The monoisotopic (exact) mass is 251 g/mol. The van der Waals surface area contributed by atoms with Crippen LogP contribution in [0, 0.1) is 5.82 Å². The van der Waals surface area contributed by atoms with Crippen molar-refractivity contribution in [2.75, 3.05) is 0 Å². The molecule has 1 aromatic carbocycles. The lowest BCUT2D eigenvalue weighted by Crippen LogP contribution is -2.31. The fraction of sp³-hybridized carbons (Fsp3) is 0.308. The SMILES string of the molecule is CCC(C)NC(=O)c1cc2c(F)cccc2s1. The Bertz CT molecular complexity index is 549. The summed E-state index contributed by atoms with van der Waals surface area (Å²) >= 11 is 1.32. The molecule has 0 saturated heterocycles. The maximum atomic E-state index is 13.5. The van der Waals surface area contributed by atoms with Crippen LogP contribution in [-0.2, 0) is 0 Å². The Balaban J connectivity index is 2.30. The number of amides is 1. The summed E-state index contributed by atoms with van der Waals surface area (Å²) in [5.41, 5.74) is 0. The van der Waals surface area contributed by atoms with Gasteiger partial charge in [-0.15, -0.1) is 11.3 Å². The summed E-state index contributed by atoms with van der Waals surface area (Å²) < 4.78 is 14.3. The molecule has 1 aromatic heterocycles. The zero-order valence-corrected chi connectivity index (χ0v) is 10.6. The third kappa shape index (κ3) is 2.47. The molecule has 0 radical (unpaired) electrons. The summed E-state index contributed by atoms with van der Waals surface area (Å²) in [5, 5.41) is 3.40. The van der Waals surface area contributed by atoms with Crippen molar-refractivity contribution in [2.24, 2.45) is 0 Å². The Labute approximate surface area is 103 Å². The highest BCUT2D eigenvalue weighted by Gasteiger charge is 2.13. The molecule has 0 aliphatic rings. The second-order valence-electron chi connectivity index (χ2n) is 4.05. The summed E-state index contributed by atoms with van der Waals surface area (Å²) in [4.78, 5) is 12.4. The fourth-order valence-electron chi connectivity index (χ4n) is 1.53. The number of hydrogen-bond donors (Lipinski definition) is 1. The number of fused-ring (bicyclic) bond motifs is 1. The predicted molar refractivity (Wildman–Crippen MR) is 69.0 cm³/mol. The molecule has 1 heterocycles. The summed E-state index contributed by atoms with van der Waals surface area (Å²) in [6, 6.07) is 6.64. The molecule has 0 aliphatic carbocycles. The van der Waals surface area contributed by atoms with E-state index in [0.29, 0.717) is 10.3 Å². The number of carbonyl (C=O) groups excluding carboxylic acids is 1. The lowest BCUT2D eigenvalue weighted by Gasteiger charge is -2.09. The van der Waals surface area contributed by atoms with Crippen molar-refractivity contribution in [2.45, 2.75) is 26.3 Å². The summed E-state index contributed by atoms with van der Waals surface area (Å²) in [7, 11) is 0. The molecule has 1 N–H and O–H groups in total. The van der Waals surface area contributed by atoms with Crippen molar-refractivity contribution >= 4 is 27.3 Å². The van der Waals surface area contributed by atoms with Crippen LogP contribution in [0.3, 0.4) is 0 Å². The first kappa shape index (κ1) is 12.0. The van der Waals surface area contributed by atoms with Gasteiger partial charge in [-0.05, 0) is 31.5 Å². The van der Waals surface area contributed by atoms with Gasteiger partial charge in [0.25, 0.3) is 5.91 Å². The van der Waals surface area contributed by atoms with Gasteiger partial charge in [-0.2, -0.15) is 0 Å². The number of halogens is 1. The van der Waals surface area contributed by atoms with Gasteiger partial charge in [0.15, 0.2) is 0 Å². The first-order valence-electron chi connectivity index (χ1n) is 5.60. The van der Waals surface area contributed by atoms with Crippen LogP contribution >= 0.6 is 11.3 Å². The summed E-state index contributed by atoms with van der Waals surface area (Å²) in [5.74, 6) is -0.402. The van der Waals surface area contributed by atoms with E-state index in [2.05, 4.69) is 5.32 Å². The highest BCUT2D eigenvalue weighted by Crippen LogP contribution is 2.27. The van der Waals surface area contributed by atoms with Crippen LogP contribution in [0.2, 0.25) is 0 Å². The Kier molecular flexibility index (Phi) is 3.43. The van der Waals surface area contributed by atoms with E-state index in [9.17, 15) is 9.18 Å². The van der Waals surface area contributed by atoms with Crippen LogP contribution in [0.15, 0.2) is 24.3 Å². The van der Waals surface area contributed by atoms with Crippen LogP contribution in [0.1, 0.15) is 29.9 Å². The van der Waals surface area contributed by atoms with Gasteiger partial charge in [0.05, 0.1) is 4.88 Å². The molecule has 2 rings (SSSR count). The Morgan fingerprint density at radius 2 is 2.29 bits per heavy atom. The molecule has 0 aliphatic heterocycles. The minimum Gasteiger partial charge on any atom is -0.349 e. The second-order valence-corrected chi connectivity index (χ2v) is 5.13. The van der Waals surface area contributed by atoms with Crippen molar-refractivity contribution in [1.82, 2.24) is 5.32 Å². The van der Waals surface area contributed by atoms with Crippen LogP contribution in [0.5, 0.6) is 0 Å². The van der Waals surface area contributed by atoms with E-state index in [-0.39, 0.29) is 17.8 Å². The molecule has 4 heteroatoms. The highest BCUT2D eigenvalue weighted by atomic mass is 32.1. The van der Waals surface area contributed by atoms with Gasteiger partial charge < -0.3 is 5.32 Å². The maximum Gasteiger partial charge on any atom is 0.261 e. The van der Waals surface area contributed by atoms with Crippen molar-refractivity contribution < 1.29 is 9.18 Å². The molecule has 90 valence electrons. The van der Waals surface area contributed by atoms with E-state index in [1.165, 1.54) is 17.4 Å². The first-order chi connectivity index (χ1) is 8.11. The summed E-state index contributed by atoms with van der Waals surface area (Å²) in [6.45, 7) is 3.96. The molecule has 0 bridgehead atoms. The number of rotatable bonds is 3. The molecule has 2 nitrogen and oxygen atoms in total. The number of benzene rings is 1. The molecule has 0 fully saturated rings. The zero-order chi connectivity index (χ0) is 12.4. The van der Waals surface area contributed by atoms with E-state index in [1.807, 2.05) is 19.9 Å². The van der Waals surface area contributed by atoms with Crippen molar-refractivity contribution in [3.8, 4) is 0 Å². The van der Waals surface area contributed by atoms with Crippen LogP contribution in [-0.4, -0.2) is 11.9 Å². The molecule has 2 aromatic rings. The Hall–Kier alpha value is -1.42. The second kappa shape index (κ2) is 4.84. The molecular formula is C13H14FNOS. The molecule has 0 saturated carbocycles. The Morgan fingerprint density at radius 1 is 1.53 bits per heavy atom. The van der Waals surface area contributed by atoms with E-state index < -0.39 is 0 Å². The highest BCUT2D eigenvalue weighted by molar-refractivity contribution is 7.20. The van der Waals surface area contributed by atoms with Gasteiger partial charge >= 0.3 is 0 Å². The number of nitrogens with one attached hydrogen (secondary N) is 1. The van der Waals surface area contributed by atoms with Crippen molar-refractivity contribution in [3.63, 3.8) is 0 Å². The summed E-state index contributed by atoms with van der Waals surface area (Å²) in [6.07, 6.45) is 0.880. The smallest absolute Gasteiger partial charge is 0.261 e. The molecule has 1 amide bonds. The quantitative estimate of drug-likeness (QED) is 0.887. The van der Waals surface area contributed by atoms with Crippen LogP contribution < -0.4 is 5.32 Å². The van der Waals surface area contributed by atoms with Gasteiger partial charge in [-0.1, -0.05) is 13.0 Å². The molecule has 17 heavy (non-hydrogen) atoms. The standard InChI is InChI=1S/C13H14FNOS/c1-3-8(2)15-13(16)12-7-9-10(14)5-4-6-11(9)17-12/h4-8H,3H2,1-2H3,(H,15,16). The van der Waals surface area contributed by atoms with E-state index in [0.717, 1.165) is 11.1 Å². The third-order valence-corrected chi connectivity index (χ3v) is 3.82. The van der Waals surface area contributed by atoms with Crippen LogP contribution in [0.4, 0.5) is 4.39 Å². The van der Waals surface area contributed by atoms with E-state index >= 15 is 0 Å². The van der Waals surface area contributed by atoms with E-state index in [4.69, 9.17) is 0 Å². The van der Waals surface area contributed by atoms with Crippen LogP contribution in [0.25, 0.3) is 10.1 Å². The first-order valence-corrected chi connectivity index (χ1v) is 6.42. The van der Waals surface area contributed by atoms with Gasteiger partial charge in [-0.3, -0.25) is 4.79 Å². The topological polar surface area (TPSA) is 29.1 Å². The van der Waals surface area contributed by atoms with Gasteiger partial charge in [0, 0.05) is 16.1 Å². The molecule has 1 atom stereocenters. The number of thiophene rings is 1. The molecular weight excluding hydrogens is 237 g/mol. The lowest BCUT2D eigenvalue weighted by molar-refractivity contribution is 0.0943.